The van der Waals surface area contributed by atoms with Crippen LogP contribution in [0.4, 0.5) is 0 Å². The molecule has 0 amide bonds. The van der Waals surface area contributed by atoms with E-state index in [0.717, 1.165) is 32.7 Å². The molecule has 1 N–H and O–H groups in total. The van der Waals surface area contributed by atoms with E-state index in [4.69, 9.17) is 4.74 Å². The van der Waals surface area contributed by atoms with E-state index in [0.29, 0.717) is 12.7 Å². The molecule has 0 aromatic heterocycles. The second-order valence-electron chi connectivity index (χ2n) is 5.50. The first-order valence-corrected chi connectivity index (χ1v) is 6.94. The van der Waals surface area contributed by atoms with Gasteiger partial charge in [0, 0.05) is 32.7 Å². The molecule has 1 saturated carbocycles. The van der Waals surface area contributed by atoms with Crippen LogP contribution in [0, 0.1) is 0 Å². The molecule has 0 unspecified atom stereocenters. The second kappa shape index (κ2) is 6.69. The Bertz CT molecular complexity index is 211. The van der Waals surface area contributed by atoms with Crippen LogP contribution in [0.2, 0.25) is 0 Å². The zero-order chi connectivity index (χ0) is 12.1. The molecule has 1 aliphatic heterocycles. The van der Waals surface area contributed by atoms with E-state index in [1.165, 1.54) is 25.7 Å². The molecule has 0 aromatic carbocycles. The van der Waals surface area contributed by atoms with Gasteiger partial charge >= 0.3 is 0 Å². The van der Waals surface area contributed by atoms with Crippen molar-refractivity contribution in [3.63, 3.8) is 0 Å². The number of hydrogen-bond donors (Lipinski definition) is 1. The van der Waals surface area contributed by atoms with Gasteiger partial charge in [-0.25, -0.2) is 0 Å². The quantitative estimate of drug-likeness (QED) is 0.764. The summed E-state index contributed by atoms with van der Waals surface area (Å²) in [4.78, 5) is 4.67. The summed E-state index contributed by atoms with van der Waals surface area (Å²) in [6.45, 7) is 5.62. The van der Waals surface area contributed by atoms with Crippen molar-refractivity contribution < 1.29 is 9.84 Å². The number of hydrogen-bond acceptors (Lipinski definition) is 4. The van der Waals surface area contributed by atoms with Gasteiger partial charge in [-0.2, -0.15) is 0 Å². The van der Waals surface area contributed by atoms with E-state index >= 15 is 0 Å². The topological polar surface area (TPSA) is 35.9 Å². The number of aliphatic hydroxyl groups is 1. The van der Waals surface area contributed by atoms with Crippen molar-refractivity contribution in [1.82, 2.24) is 9.80 Å². The zero-order valence-electron chi connectivity index (χ0n) is 11.0. The van der Waals surface area contributed by atoms with Crippen LogP contribution in [-0.2, 0) is 4.74 Å². The third-order valence-corrected chi connectivity index (χ3v) is 3.89. The van der Waals surface area contributed by atoms with Crippen molar-refractivity contribution in [3.8, 4) is 0 Å². The Morgan fingerprint density at radius 3 is 2.47 bits per heavy atom. The Morgan fingerprint density at radius 2 is 1.82 bits per heavy atom. The summed E-state index contributed by atoms with van der Waals surface area (Å²) in [6, 6.07) is 0. The monoisotopic (exact) mass is 242 g/mol. The standard InChI is InChI=1S/C13H26N2O2/c1-14-6-8-15(9-7-14)10-12(16)11-17-13-4-2-3-5-13/h12-13,16H,2-11H2,1H3/t12-/m0/s1. The van der Waals surface area contributed by atoms with Crippen molar-refractivity contribution in [2.45, 2.75) is 37.9 Å². The molecule has 1 atom stereocenters. The molecule has 4 nitrogen and oxygen atoms in total. The molecule has 1 heterocycles. The maximum absolute atomic E-state index is 9.95. The van der Waals surface area contributed by atoms with Gasteiger partial charge in [0.05, 0.1) is 18.8 Å². The highest BCUT2D eigenvalue weighted by Crippen LogP contribution is 2.20. The molecule has 1 aliphatic carbocycles. The third kappa shape index (κ3) is 4.54. The van der Waals surface area contributed by atoms with Gasteiger partial charge in [0.15, 0.2) is 0 Å². The Hall–Kier alpha value is -0.160. The normalized spacial score (nSPS) is 26.5. The molecule has 1 saturated heterocycles. The lowest BCUT2D eigenvalue weighted by molar-refractivity contribution is -0.0225. The number of ether oxygens (including phenoxy) is 1. The average molecular weight is 242 g/mol. The van der Waals surface area contributed by atoms with Crippen LogP contribution >= 0.6 is 0 Å². The first-order valence-electron chi connectivity index (χ1n) is 6.94. The number of β-amino-alcohol motifs (C(OH)–C–C–N with tert-alkyl or cyclic N) is 1. The van der Waals surface area contributed by atoms with Crippen molar-refractivity contribution in [1.29, 1.82) is 0 Å². The summed E-state index contributed by atoms with van der Waals surface area (Å²) < 4.78 is 5.74. The number of likely N-dealkylation sites (N-methyl/N-ethyl adjacent to an activating group) is 1. The average Bonchev–Trinajstić information content (AvgIpc) is 2.83. The molecular formula is C13H26N2O2. The van der Waals surface area contributed by atoms with E-state index in [1.807, 2.05) is 0 Å². The lowest BCUT2D eigenvalue weighted by Crippen LogP contribution is -2.47. The van der Waals surface area contributed by atoms with E-state index in [-0.39, 0.29) is 6.10 Å². The molecule has 0 spiro atoms. The van der Waals surface area contributed by atoms with Crippen molar-refractivity contribution in [3.05, 3.63) is 0 Å². The summed E-state index contributed by atoms with van der Waals surface area (Å²) in [5.74, 6) is 0. The second-order valence-corrected chi connectivity index (χ2v) is 5.50. The Morgan fingerprint density at radius 1 is 1.18 bits per heavy atom. The predicted octanol–water partition coefficient (Wildman–Crippen LogP) is 0.554. The molecule has 100 valence electrons. The minimum Gasteiger partial charge on any atom is -0.389 e. The molecule has 2 aliphatic rings. The van der Waals surface area contributed by atoms with Crippen LogP contribution in [0.25, 0.3) is 0 Å². The van der Waals surface area contributed by atoms with Crippen LogP contribution < -0.4 is 0 Å². The summed E-state index contributed by atoms with van der Waals surface area (Å²) in [6.07, 6.45) is 5.04. The van der Waals surface area contributed by atoms with Crippen LogP contribution in [0.15, 0.2) is 0 Å². The van der Waals surface area contributed by atoms with Crippen molar-refractivity contribution in [2.24, 2.45) is 0 Å². The van der Waals surface area contributed by atoms with Crippen LogP contribution in [-0.4, -0.2) is 73.5 Å². The Balaban J connectivity index is 1.58. The maximum Gasteiger partial charge on any atom is 0.0900 e. The summed E-state index contributed by atoms with van der Waals surface area (Å²) in [5, 5.41) is 9.95. The van der Waals surface area contributed by atoms with Crippen LogP contribution in [0.3, 0.4) is 0 Å². The molecular weight excluding hydrogens is 216 g/mol. The maximum atomic E-state index is 9.95. The van der Waals surface area contributed by atoms with Crippen molar-refractivity contribution in [2.75, 3.05) is 46.4 Å². The highest BCUT2D eigenvalue weighted by atomic mass is 16.5. The molecule has 4 heteroatoms. The van der Waals surface area contributed by atoms with Crippen LogP contribution in [0.1, 0.15) is 25.7 Å². The van der Waals surface area contributed by atoms with Gasteiger partial charge in [-0.1, -0.05) is 12.8 Å². The summed E-state index contributed by atoms with van der Waals surface area (Å²) in [7, 11) is 2.15. The Labute approximate surface area is 105 Å². The predicted molar refractivity (Wildman–Crippen MR) is 68.2 cm³/mol. The number of rotatable bonds is 5. The number of aliphatic hydroxyl groups excluding tert-OH is 1. The van der Waals surface area contributed by atoms with Gasteiger partial charge in [0.25, 0.3) is 0 Å². The third-order valence-electron chi connectivity index (χ3n) is 3.89. The molecule has 0 aromatic rings. The highest BCUT2D eigenvalue weighted by molar-refractivity contribution is 4.73. The van der Waals surface area contributed by atoms with E-state index < -0.39 is 0 Å². The molecule has 17 heavy (non-hydrogen) atoms. The minimum atomic E-state index is -0.320. The fourth-order valence-electron chi connectivity index (χ4n) is 2.68. The fourth-order valence-corrected chi connectivity index (χ4v) is 2.68. The van der Waals surface area contributed by atoms with Crippen LogP contribution in [0.5, 0.6) is 0 Å². The highest BCUT2D eigenvalue weighted by Gasteiger charge is 2.20. The summed E-state index contributed by atoms with van der Waals surface area (Å²) >= 11 is 0. The van der Waals surface area contributed by atoms with E-state index in [9.17, 15) is 5.11 Å². The zero-order valence-corrected chi connectivity index (χ0v) is 11.0. The Kier molecular flexibility index (Phi) is 5.22. The number of piperazine rings is 1. The van der Waals surface area contributed by atoms with Gasteiger partial charge in [-0.3, -0.25) is 4.90 Å². The SMILES string of the molecule is CN1CCN(C[C@H](O)COC2CCCC2)CC1. The van der Waals surface area contributed by atoms with Gasteiger partial charge in [0.2, 0.25) is 0 Å². The summed E-state index contributed by atoms with van der Waals surface area (Å²) in [5.41, 5.74) is 0. The molecule has 2 rings (SSSR count). The van der Waals surface area contributed by atoms with Gasteiger partial charge < -0.3 is 14.7 Å². The molecule has 0 radical (unpaired) electrons. The molecule has 0 bridgehead atoms. The smallest absolute Gasteiger partial charge is 0.0900 e. The lowest BCUT2D eigenvalue weighted by Gasteiger charge is -2.33. The van der Waals surface area contributed by atoms with E-state index in [1.54, 1.807) is 0 Å². The van der Waals surface area contributed by atoms with Gasteiger partial charge in [0.1, 0.15) is 0 Å². The number of nitrogens with zero attached hydrogens (tertiary/aromatic N) is 2. The van der Waals surface area contributed by atoms with Crippen molar-refractivity contribution >= 4 is 0 Å². The fraction of sp³-hybridized carbons (Fsp3) is 1.00. The first kappa shape index (κ1) is 13.3. The lowest BCUT2D eigenvalue weighted by atomic mass is 10.2. The molecule has 2 fully saturated rings. The largest absolute Gasteiger partial charge is 0.389 e. The van der Waals surface area contributed by atoms with Gasteiger partial charge in [-0.05, 0) is 19.9 Å². The first-order chi connectivity index (χ1) is 8.24. The van der Waals surface area contributed by atoms with E-state index in [2.05, 4.69) is 16.8 Å². The minimum absolute atomic E-state index is 0.320. The van der Waals surface area contributed by atoms with Gasteiger partial charge in [-0.15, -0.1) is 0 Å².